The summed E-state index contributed by atoms with van der Waals surface area (Å²) in [4.78, 5) is 30.0. The largest absolute Gasteiger partial charge is 0.466 e. The summed E-state index contributed by atoms with van der Waals surface area (Å²) in [5, 5.41) is 3.42. The summed E-state index contributed by atoms with van der Waals surface area (Å²) in [5.41, 5.74) is 1.43. The average Bonchev–Trinajstić information content (AvgIpc) is 3.05. The van der Waals surface area contributed by atoms with Crippen LogP contribution in [0.2, 0.25) is 5.02 Å². The van der Waals surface area contributed by atoms with Gasteiger partial charge >= 0.3 is 5.97 Å². The van der Waals surface area contributed by atoms with E-state index in [1.165, 1.54) is 0 Å². The second-order valence-corrected chi connectivity index (χ2v) is 6.65. The molecule has 0 spiro atoms. The van der Waals surface area contributed by atoms with Gasteiger partial charge in [0.05, 0.1) is 13.0 Å². The normalized spacial score (nSPS) is 15.2. The number of hydrogen-bond donors (Lipinski definition) is 1. The Bertz CT molecular complexity index is 784. The highest BCUT2D eigenvalue weighted by molar-refractivity contribution is 6.31. The molecule has 26 heavy (non-hydrogen) atoms. The second-order valence-electron chi connectivity index (χ2n) is 6.22. The van der Waals surface area contributed by atoms with E-state index < -0.39 is 0 Å². The summed E-state index contributed by atoms with van der Waals surface area (Å²) >= 11 is 5.97. The molecule has 3 rings (SSSR count). The molecule has 8 heteroatoms. The third-order valence-electron chi connectivity index (χ3n) is 4.41. The lowest BCUT2D eigenvalue weighted by molar-refractivity contribution is -0.143. The molecule has 0 saturated carbocycles. The van der Waals surface area contributed by atoms with Gasteiger partial charge in [0.15, 0.2) is 5.58 Å². The van der Waals surface area contributed by atoms with E-state index >= 15 is 0 Å². The zero-order chi connectivity index (χ0) is 18.5. The summed E-state index contributed by atoms with van der Waals surface area (Å²) in [5.74, 6) is -0.371. The first-order valence-electron chi connectivity index (χ1n) is 8.81. The Morgan fingerprint density at radius 2 is 2.15 bits per heavy atom. The molecule has 1 saturated heterocycles. The number of piperidine rings is 1. The SMILES string of the molecule is CCOC(=O)CCNC(=O)C1CCN(c2nc3ccc(Cl)cc3o2)CC1. The smallest absolute Gasteiger partial charge is 0.307 e. The number of carbonyl (C=O) groups excluding carboxylic acids is 2. The van der Waals surface area contributed by atoms with Crippen LogP contribution < -0.4 is 10.2 Å². The fourth-order valence-electron chi connectivity index (χ4n) is 3.02. The molecule has 2 heterocycles. The summed E-state index contributed by atoms with van der Waals surface area (Å²) in [6.07, 6.45) is 1.62. The van der Waals surface area contributed by atoms with Crippen molar-refractivity contribution in [1.82, 2.24) is 10.3 Å². The van der Waals surface area contributed by atoms with Gasteiger partial charge in [0.25, 0.3) is 6.01 Å². The van der Waals surface area contributed by atoms with Crippen molar-refractivity contribution in [3.8, 4) is 0 Å². The number of amides is 1. The molecule has 1 fully saturated rings. The zero-order valence-electron chi connectivity index (χ0n) is 14.7. The first-order chi connectivity index (χ1) is 12.6. The molecule has 0 radical (unpaired) electrons. The molecule has 140 valence electrons. The van der Waals surface area contributed by atoms with Gasteiger partial charge in [-0.05, 0) is 31.9 Å². The lowest BCUT2D eigenvalue weighted by Gasteiger charge is -2.30. The molecule has 2 aromatic rings. The summed E-state index contributed by atoms with van der Waals surface area (Å²) < 4.78 is 10.6. The fraction of sp³-hybridized carbons (Fsp3) is 0.500. The monoisotopic (exact) mass is 379 g/mol. The minimum absolute atomic E-state index is 0.0155. The standard InChI is InChI=1S/C18H22ClN3O4/c1-2-25-16(23)5-8-20-17(24)12-6-9-22(10-7-12)18-21-14-4-3-13(19)11-15(14)26-18/h3-4,11-12H,2,5-10H2,1H3,(H,20,24). The van der Waals surface area contributed by atoms with Crippen LogP contribution in [0.25, 0.3) is 11.1 Å². The molecule has 0 atom stereocenters. The van der Waals surface area contributed by atoms with Gasteiger partial charge in [-0.3, -0.25) is 9.59 Å². The minimum atomic E-state index is -0.293. The van der Waals surface area contributed by atoms with Gasteiger partial charge in [0, 0.05) is 36.6 Å². The van der Waals surface area contributed by atoms with Crippen LogP contribution in [-0.2, 0) is 14.3 Å². The topological polar surface area (TPSA) is 84.7 Å². The van der Waals surface area contributed by atoms with Crippen LogP contribution in [0.3, 0.4) is 0 Å². The van der Waals surface area contributed by atoms with Crippen LogP contribution in [0.4, 0.5) is 6.01 Å². The molecule has 1 aliphatic rings. The van der Waals surface area contributed by atoms with Gasteiger partial charge in [-0.2, -0.15) is 4.98 Å². The summed E-state index contributed by atoms with van der Waals surface area (Å²) in [6.45, 7) is 3.81. The van der Waals surface area contributed by atoms with Crippen LogP contribution in [0.1, 0.15) is 26.2 Å². The van der Waals surface area contributed by atoms with E-state index in [1.54, 1.807) is 19.1 Å². The molecule has 1 aliphatic heterocycles. The number of nitrogens with one attached hydrogen (secondary N) is 1. The number of nitrogens with zero attached hydrogens (tertiary/aromatic N) is 2. The van der Waals surface area contributed by atoms with Crippen LogP contribution in [0.5, 0.6) is 0 Å². The average molecular weight is 380 g/mol. The number of ether oxygens (including phenoxy) is 1. The third-order valence-corrected chi connectivity index (χ3v) is 4.64. The molecule has 0 bridgehead atoms. The van der Waals surface area contributed by atoms with Gasteiger partial charge in [-0.25, -0.2) is 0 Å². The van der Waals surface area contributed by atoms with Crippen molar-refractivity contribution in [3.63, 3.8) is 0 Å². The predicted molar refractivity (Wildman–Crippen MR) is 98.2 cm³/mol. The molecule has 0 aliphatic carbocycles. The van der Waals surface area contributed by atoms with Gasteiger partial charge < -0.3 is 19.4 Å². The van der Waals surface area contributed by atoms with E-state index in [9.17, 15) is 9.59 Å². The molecule has 1 aromatic heterocycles. The van der Waals surface area contributed by atoms with Crippen molar-refractivity contribution < 1.29 is 18.7 Å². The predicted octanol–water partition coefficient (Wildman–Crippen LogP) is 2.77. The fourth-order valence-corrected chi connectivity index (χ4v) is 3.18. The minimum Gasteiger partial charge on any atom is -0.466 e. The first kappa shape index (κ1) is 18.5. The molecular formula is C18H22ClN3O4. The van der Waals surface area contributed by atoms with Crippen molar-refractivity contribution in [2.45, 2.75) is 26.2 Å². The zero-order valence-corrected chi connectivity index (χ0v) is 15.4. The van der Waals surface area contributed by atoms with Gasteiger partial charge in [-0.15, -0.1) is 0 Å². The number of benzene rings is 1. The number of oxazole rings is 1. The van der Waals surface area contributed by atoms with E-state index in [1.807, 2.05) is 11.0 Å². The van der Waals surface area contributed by atoms with Crippen molar-refractivity contribution in [1.29, 1.82) is 0 Å². The third kappa shape index (κ3) is 4.46. The van der Waals surface area contributed by atoms with Crippen molar-refractivity contribution in [3.05, 3.63) is 23.2 Å². The number of halogens is 1. The van der Waals surface area contributed by atoms with E-state index in [0.717, 1.165) is 5.52 Å². The maximum Gasteiger partial charge on any atom is 0.307 e. The van der Waals surface area contributed by atoms with Crippen LogP contribution in [-0.4, -0.2) is 43.1 Å². The molecule has 1 aromatic carbocycles. The number of fused-ring (bicyclic) bond motifs is 1. The molecule has 1 amide bonds. The highest BCUT2D eigenvalue weighted by Crippen LogP contribution is 2.27. The Morgan fingerprint density at radius 1 is 1.38 bits per heavy atom. The van der Waals surface area contributed by atoms with E-state index in [2.05, 4.69) is 10.3 Å². The molecule has 7 nitrogen and oxygen atoms in total. The van der Waals surface area contributed by atoms with Gasteiger partial charge in [-0.1, -0.05) is 11.6 Å². The van der Waals surface area contributed by atoms with E-state index in [-0.39, 0.29) is 24.2 Å². The molecule has 1 N–H and O–H groups in total. The maximum atomic E-state index is 12.2. The number of hydrogen-bond acceptors (Lipinski definition) is 6. The van der Waals surface area contributed by atoms with Gasteiger partial charge in [0.2, 0.25) is 5.91 Å². The Morgan fingerprint density at radius 3 is 2.88 bits per heavy atom. The number of aromatic nitrogens is 1. The highest BCUT2D eigenvalue weighted by Gasteiger charge is 2.27. The summed E-state index contributed by atoms with van der Waals surface area (Å²) in [6, 6.07) is 5.91. The Kier molecular flexibility index (Phi) is 5.98. The van der Waals surface area contributed by atoms with Crippen molar-refractivity contribution in [2.75, 3.05) is 31.1 Å². The number of rotatable bonds is 6. The molecule has 0 unspecified atom stereocenters. The quantitative estimate of drug-likeness (QED) is 0.777. The second kappa shape index (κ2) is 8.40. The number of anilines is 1. The number of carbonyl (C=O) groups is 2. The van der Waals surface area contributed by atoms with Crippen molar-refractivity contribution >= 4 is 40.6 Å². The Labute approximate surface area is 156 Å². The Hall–Kier alpha value is -2.28. The first-order valence-corrected chi connectivity index (χ1v) is 9.19. The van der Waals surface area contributed by atoms with Crippen molar-refractivity contribution in [2.24, 2.45) is 5.92 Å². The molecular weight excluding hydrogens is 358 g/mol. The van der Waals surface area contributed by atoms with Crippen LogP contribution in [0, 0.1) is 5.92 Å². The maximum absolute atomic E-state index is 12.2. The van der Waals surface area contributed by atoms with E-state index in [0.29, 0.717) is 55.7 Å². The van der Waals surface area contributed by atoms with Crippen LogP contribution >= 0.6 is 11.6 Å². The Balaban J connectivity index is 1.48. The van der Waals surface area contributed by atoms with Gasteiger partial charge in [0.1, 0.15) is 5.52 Å². The number of esters is 1. The highest BCUT2D eigenvalue weighted by atomic mass is 35.5. The lowest BCUT2D eigenvalue weighted by atomic mass is 9.96. The summed E-state index contributed by atoms with van der Waals surface area (Å²) in [7, 11) is 0. The lowest BCUT2D eigenvalue weighted by Crippen LogP contribution is -2.41. The van der Waals surface area contributed by atoms with E-state index in [4.69, 9.17) is 20.8 Å². The van der Waals surface area contributed by atoms with Crippen LogP contribution in [0.15, 0.2) is 22.6 Å².